The molecule has 1 aromatic carbocycles. The van der Waals surface area contributed by atoms with E-state index in [9.17, 15) is 14.3 Å². The van der Waals surface area contributed by atoms with E-state index >= 15 is 0 Å². The zero-order valence-electron chi connectivity index (χ0n) is 12.6. The maximum Gasteiger partial charge on any atom is 0.230 e. The molecule has 1 aliphatic rings. The van der Waals surface area contributed by atoms with Crippen LogP contribution in [0.25, 0.3) is 0 Å². The Labute approximate surface area is 135 Å². The molecular weight excluding hydrogens is 303 g/mol. The second-order valence-corrected chi connectivity index (χ2v) is 6.57. The van der Waals surface area contributed by atoms with Gasteiger partial charge in [0.05, 0.1) is 11.9 Å². The van der Waals surface area contributed by atoms with Crippen LogP contribution in [0.5, 0.6) is 0 Å². The Morgan fingerprint density at radius 1 is 1.32 bits per heavy atom. The summed E-state index contributed by atoms with van der Waals surface area (Å²) in [5.74, 6) is 0.0871. The highest BCUT2D eigenvalue weighted by atomic mass is 32.2. The monoisotopic (exact) mass is 326 g/mol. The SMILES string of the molecule is O=C(CSc1ccc(F)cc1)NCCCN1CCC(O)CC1. The van der Waals surface area contributed by atoms with Crippen molar-refractivity contribution in [2.75, 3.05) is 31.9 Å². The smallest absolute Gasteiger partial charge is 0.230 e. The van der Waals surface area contributed by atoms with Crippen molar-refractivity contribution < 1.29 is 14.3 Å². The Balaban J connectivity index is 1.53. The molecule has 1 amide bonds. The molecule has 0 unspecified atom stereocenters. The van der Waals surface area contributed by atoms with E-state index < -0.39 is 0 Å². The standard InChI is InChI=1S/C16H23FN2O2S/c17-13-2-4-15(5-3-13)22-12-16(21)18-8-1-9-19-10-6-14(20)7-11-19/h2-5,14,20H,1,6-12H2,(H,18,21). The number of likely N-dealkylation sites (tertiary alicyclic amines) is 1. The van der Waals surface area contributed by atoms with Gasteiger partial charge in [-0.2, -0.15) is 0 Å². The van der Waals surface area contributed by atoms with Gasteiger partial charge in [0.2, 0.25) is 5.91 Å². The van der Waals surface area contributed by atoms with Crippen molar-refractivity contribution in [3.8, 4) is 0 Å². The van der Waals surface area contributed by atoms with Crippen LogP contribution in [0, 0.1) is 5.82 Å². The first-order valence-corrected chi connectivity index (χ1v) is 8.67. The molecule has 0 aromatic heterocycles. The summed E-state index contributed by atoms with van der Waals surface area (Å²) in [6.07, 6.45) is 2.48. The Bertz CT molecular complexity index is 462. The second-order valence-electron chi connectivity index (χ2n) is 5.52. The molecule has 4 nitrogen and oxygen atoms in total. The molecule has 1 aromatic rings. The van der Waals surface area contributed by atoms with Crippen molar-refractivity contribution in [3.05, 3.63) is 30.1 Å². The largest absolute Gasteiger partial charge is 0.393 e. The number of hydrogen-bond acceptors (Lipinski definition) is 4. The lowest BCUT2D eigenvalue weighted by atomic mass is 10.1. The van der Waals surface area contributed by atoms with Crippen molar-refractivity contribution in [2.24, 2.45) is 0 Å². The van der Waals surface area contributed by atoms with Crippen molar-refractivity contribution in [3.63, 3.8) is 0 Å². The first-order valence-electron chi connectivity index (χ1n) is 7.69. The van der Waals surface area contributed by atoms with Gasteiger partial charge in [0.25, 0.3) is 0 Å². The summed E-state index contributed by atoms with van der Waals surface area (Å²) in [5, 5.41) is 12.3. The van der Waals surface area contributed by atoms with Gasteiger partial charge in [0.15, 0.2) is 0 Å². The maximum atomic E-state index is 12.8. The number of aliphatic hydroxyl groups excluding tert-OH is 1. The van der Waals surface area contributed by atoms with Crippen LogP contribution >= 0.6 is 11.8 Å². The van der Waals surface area contributed by atoms with Crippen molar-refractivity contribution in [2.45, 2.75) is 30.3 Å². The molecule has 6 heteroatoms. The summed E-state index contributed by atoms with van der Waals surface area (Å²) >= 11 is 1.41. The van der Waals surface area contributed by atoms with Crippen molar-refractivity contribution in [1.29, 1.82) is 0 Å². The third-order valence-electron chi connectivity index (χ3n) is 3.71. The van der Waals surface area contributed by atoms with E-state index in [1.807, 2.05) is 0 Å². The van der Waals surface area contributed by atoms with Crippen LogP contribution in [0.15, 0.2) is 29.2 Å². The minimum Gasteiger partial charge on any atom is -0.393 e. The summed E-state index contributed by atoms with van der Waals surface area (Å²) < 4.78 is 12.8. The number of carbonyl (C=O) groups is 1. The van der Waals surface area contributed by atoms with E-state index in [-0.39, 0.29) is 17.8 Å². The number of aliphatic hydroxyl groups is 1. The maximum absolute atomic E-state index is 12.8. The Kier molecular flexibility index (Phi) is 7.15. The van der Waals surface area contributed by atoms with Crippen LogP contribution in [0.1, 0.15) is 19.3 Å². The summed E-state index contributed by atoms with van der Waals surface area (Å²) in [6.45, 7) is 3.50. The Hall–Kier alpha value is -1.11. The van der Waals surface area contributed by atoms with Gasteiger partial charge < -0.3 is 15.3 Å². The minimum absolute atomic E-state index is 0.00314. The normalized spacial score (nSPS) is 16.6. The van der Waals surface area contributed by atoms with Gasteiger partial charge in [-0.3, -0.25) is 4.79 Å². The number of nitrogens with zero attached hydrogens (tertiary/aromatic N) is 1. The van der Waals surface area contributed by atoms with Crippen LogP contribution in [-0.4, -0.2) is 53.9 Å². The highest BCUT2D eigenvalue weighted by molar-refractivity contribution is 8.00. The van der Waals surface area contributed by atoms with Crippen molar-refractivity contribution in [1.82, 2.24) is 10.2 Å². The van der Waals surface area contributed by atoms with Crippen LogP contribution in [0.2, 0.25) is 0 Å². The molecule has 0 aliphatic carbocycles. The number of hydrogen-bond donors (Lipinski definition) is 2. The van der Waals surface area contributed by atoms with Gasteiger partial charge in [-0.1, -0.05) is 0 Å². The lowest BCUT2D eigenvalue weighted by Crippen LogP contribution is -2.37. The predicted molar refractivity (Wildman–Crippen MR) is 86.4 cm³/mol. The summed E-state index contributed by atoms with van der Waals surface area (Å²) in [6, 6.07) is 6.15. The topological polar surface area (TPSA) is 52.6 Å². The Morgan fingerprint density at radius 2 is 2.00 bits per heavy atom. The quantitative estimate of drug-likeness (QED) is 0.593. The molecule has 1 fully saturated rings. The number of rotatable bonds is 7. The molecule has 0 radical (unpaired) electrons. The molecule has 1 heterocycles. The fourth-order valence-corrected chi connectivity index (χ4v) is 3.13. The molecule has 0 saturated carbocycles. The number of carbonyl (C=O) groups excluding carboxylic acids is 1. The third kappa shape index (κ3) is 6.34. The highest BCUT2D eigenvalue weighted by Gasteiger charge is 2.16. The van der Waals surface area contributed by atoms with Gasteiger partial charge in [0.1, 0.15) is 5.82 Å². The average molecular weight is 326 g/mol. The fraction of sp³-hybridized carbons (Fsp3) is 0.562. The molecule has 0 atom stereocenters. The zero-order chi connectivity index (χ0) is 15.8. The Morgan fingerprint density at radius 3 is 2.68 bits per heavy atom. The van der Waals surface area contributed by atoms with E-state index in [0.29, 0.717) is 12.3 Å². The van der Waals surface area contributed by atoms with Crippen LogP contribution in [0.4, 0.5) is 4.39 Å². The summed E-state index contributed by atoms with van der Waals surface area (Å²) in [7, 11) is 0. The third-order valence-corrected chi connectivity index (χ3v) is 4.73. The van der Waals surface area contributed by atoms with E-state index in [2.05, 4.69) is 10.2 Å². The van der Waals surface area contributed by atoms with Crippen molar-refractivity contribution >= 4 is 17.7 Å². The summed E-state index contributed by atoms with van der Waals surface area (Å²) in [5.41, 5.74) is 0. The molecule has 1 aliphatic heterocycles. The molecular formula is C16H23FN2O2S. The molecule has 2 N–H and O–H groups in total. The number of nitrogens with one attached hydrogen (secondary N) is 1. The molecule has 0 spiro atoms. The molecule has 22 heavy (non-hydrogen) atoms. The number of benzene rings is 1. The lowest BCUT2D eigenvalue weighted by molar-refractivity contribution is -0.118. The number of thioether (sulfide) groups is 1. The zero-order valence-corrected chi connectivity index (χ0v) is 13.4. The van der Waals surface area contributed by atoms with Crippen LogP contribution in [-0.2, 0) is 4.79 Å². The minimum atomic E-state index is -0.265. The number of amides is 1. The van der Waals surface area contributed by atoms with Gasteiger partial charge in [-0.05, 0) is 50.1 Å². The highest BCUT2D eigenvalue weighted by Crippen LogP contribution is 2.17. The number of piperidine rings is 1. The van der Waals surface area contributed by atoms with Gasteiger partial charge in [0, 0.05) is 24.5 Å². The average Bonchev–Trinajstić information content (AvgIpc) is 2.53. The van der Waals surface area contributed by atoms with E-state index in [0.717, 1.165) is 43.8 Å². The lowest BCUT2D eigenvalue weighted by Gasteiger charge is -2.29. The molecule has 0 bridgehead atoms. The van der Waals surface area contributed by atoms with Gasteiger partial charge >= 0.3 is 0 Å². The first kappa shape index (κ1) is 17.2. The number of halogens is 1. The van der Waals surface area contributed by atoms with E-state index in [1.165, 1.54) is 23.9 Å². The molecule has 2 rings (SSSR count). The van der Waals surface area contributed by atoms with Crippen LogP contribution < -0.4 is 5.32 Å². The predicted octanol–water partition coefficient (Wildman–Crippen LogP) is 1.88. The molecule has 1 saturated heterocycles. The van der Waals surface area contributed by atoms with Crippen LogP contribution in [0.3, 0.4) is 0 Å². The fourth-order valence-electron chi connectivity index (χ4n) is 2.40. The van der Waals surface area contributed by atoms with Gasteiger partial charge in [-0.25, -0.2) is 4.39 Å². The van der Waals surface area contributed by atoms with E-state index in [1.54, 1.807) is 12.1 Å². The van der Waals surface area contributed by atoms with E-state index in [4.69, 9.17) is 0 Å². The van der Waals surface area contributed by atoms with Gasteiger partial charge in [-0.15, -0.1) is 11.8 Å². The molecule has 122 valence electrons. The summed E-state index contributed by atoms with van der Waals surface area (Å²) in [4.78, 5) is 14.9. The second kappa shape index (κ2) is 9.12. The first-order chi connectivity index (χ1) is 10.6.